The van der Waals surface area contributed by atoms with Crippen LogP contribution in [0.5, 0.6) is 0 Å². The Hall–Kier alpha value is -2.64. The van der Waals surface area contributed by atoms with E-state index in [4.69, 9.17) is 0 Å². The zero-order valence-electron chi connectivity index (χ0n) is 17.4. The predicted molar refractivity (Wildman–Crippen MR) is 127 cm³/mol. The van der Waals surface area contributed by atoms with E-state index in [-0.39, 0.29) is 11.8 Å². The average molecular weight is 452 g/mol. The number of rotatable bonds is 7. The third-order valence-corrected chi connectivity index (χ3v) is 7.48. The first-order chi connectivity index (χ1) is 15.1. The minimum Gasteiger partial charge on any atom is -0.349 e. The zero-order chi connectivity index (χ0) is 21.6. The third kappa shape index (κ3) is 5.95. The van der Waals surface area contributed by atoms with Gasteiger partial charge in [-0.2, -0.15) is 0 Å². The largest absolute Gasteiger partial charge is 0.349 e. The maximum absolute atomic E-state index is 12.6. The summed E-state index contributed by atoms with van der Waals surface area (Å²) in [5.74, 6) is 0.600. The molecule has 1 aliphatic carbocycles. The van der Waals surface area contributed by atoms with Crippen LogP contribution in [0, 0.1) is 6.92 Å². The van der Waals surface area contributed by atoms with E-state index in [0.29, 0.717) is 22.9 Å². The molecule has 1 aromatic heterocycles. The van der Waals surface area contributed by atoms with Crippen LogP contribution in [0.15, 0.2) is 58.3 Å². The first kappa shape index (κ1) is 21.6. The molecule has 0 spiro atoms. The summed E-state index contributed by atoms with van der Waals surface area (Å²) in [5.41, 5.74) is 4.07. The number of hydrogen-bond donors (Lipinski definition) is 2. The van der Waals surface area contributed by atoms with Crippen LogP contribution in [0.25, 0.3) is 0 Å². The summed E-state index contributed by atoms with van der Waals surface area (Å²) in [4.78, 5) is 29.3. The van der Waals surface area contributed by atoms with E-state index in [9.17, 15) is 9.59 Å². The van der Waals surface area contributed by atoms with Gasteiger partial charge in [-0.3, -0.25) is 9.59 Å². The molecule has 31 heavy (non-hydrogen) atoms. The van der Waals surface area contributed by atoms with E-state index in [0.717, 1.165) is 34.2 Å². The number of thioether (sulfide) groups is 1. The van der Waals surface area contributed by atoms with Crippen molar-refractivity contribution in [3.05, 3.63) is 76.3 Å². The maximum atomic E-state index is 12.6. The van der Waals surface area contributed by atoms with Gasteiger partial charge in [-0.1, -0.05) is 36.7 Å². The number of aryl methyl sites for hydroxylation is 1. The number of carbonyl (C=O) groups is 2. The molecule has 0 aliphatic heterocycles. The second-order valence-electron chi connectivity index (χ2n) is 7.73. The van der Waals surface area contributed by atoms with E-state index in [1.54, 1.807) is 47.4 Å². The van der Waals surface area contributed by atoms with Crippen molar-refractivity contribution in [1.82, 2.24) is 10.3 Å². The molecule has 0 unspecified atom stereocenters. The summed E-state index contributed by atoms with van der Waals surface area (Å²) in [6.07, 6.45) is 4.48. The fourth-order valence-corrected chi connectivity index (χ4v) is 5.35. The number of nitrogens with zero attached hydrogens (tertiary/aromatic N) is 1. The van der Waals surface area contributed by atoms with Crippen LogP contribution in [0.4, 0.5) is 5.69 Å². The van der Waals surface area contributed by atoms with Crippen molar-refractivity contribution in [2.75, 3.05) is 5.32 Å². The molecule has 160 valence electrons. The SMILES string of the molecule is Cc1csc(SCc2ccc(C(=O)Nc3ccc(C(=O)NC4CCCC4)cc3)cc2)n1. The van der Waals surface area contributed by atoms with Crippen molar-refractivity contribution < 1.29 is 9.59 Å². The first-order valence-corrected chi connectivity index (χ1v) is 12.3. The zero-order valence-corrected chi connectivity index (χ0v) is 19.0. The molecule has 2 aromatic carbocycles. The molecule has 0 saturated heterocycles. The molecule has 2 N–H and O–H groups in total. The monoisotopic (exact) mass is 451 g/mol. The summed E-state index contributed by atoms with van der Waals surface area (Å²) in [6.45, 7) is 1.99. The molecule has 5 nitrogen and oxygen atoms in total. The highest BCUT2D eigenvalue weighted by Gasteiger charge is 2.18. The minimum absolute atomic E-state index is 0.0499. The molecule has 0 atom stereocenters. The highest BCUT2D eigenvalue weighted by molar-refractivity contribution is 8.00. The second kappa shape index (κ2) is 10.1. The number of anilines is 1. The molecule has 0 bridgehead atoms. The Balaban J connectivity index is 1.29. The fraction of sp³-hybridized carbons (Fsp3) is 0.292. The van der Waals surface area contributed by atoms with Crippen molar-refractivity contribution in [2.24, 2.45) is 0 Å². The number of thiazole rings is 1. The normalized spacial score (nSPS) is 13.8. The van der Waals surface area contributed by atoms with Crippen LogP contribution in [0.2, 0.25) is 0 Å². The molecule has 1 heterocycles. The van der Waals surface area contributed by atoms with E-state index in [2.05, 4.69) is 15.6 Å². The van der Waals surface area contributed by atoms with Gasteiger partial charge in [0.25, 0.3) is 11.8 Å². The lowest BCUT2D eigenvalue weighted by molar-refractivity contribution is 0.0937. The van der Waals surface area contributed by atoms with Crippen LogP contribution in [0.3, 0.4) is 0 Å². The summed E-state index contributed by atoms with van der Waals surface area (Å²) in [5, 5.41) is 8.02. The lowest BCUT2D eigenvalue weighted by Gasteiger charge is -2.12. The van der Waals surface area contributed by atoms with Gasteiger partial charge < -0.3 is 10.6 Å². The van der Waals surface area contributed by atoms with Crippen molar-refractivity contribution in [3.63, 3.8) is 0 Å². The third-order valence-electron chi connectivity index (χ3n) is 5.27. The molecular formula is C24H25N3O2S2. The van der Waals surface area contributed by atoms with Crippen molar-refractivity contribution in [1.29, 1.82) is 0 Å². The Bertz CT molecular complexity index is 1040. The molecule has 0 radical (unpaired) electrons. The Morgan fingerprint density at radius 3 is 2.29 bits per heavy atom. The van der Waals surface area contributed by atoms with Gasteiger partial charge in [0.05, 0.1) is 0 Å². The van der Waals surface area contributed by atoms with Gasteiger partial charge in [0.1, 0.15) is 4.34 Å². The van der Waals surface area contributed by atoms with Crippen LogP contribution in [0.1, 0.15) is 57.7 Å². The molecule has 1 aliphatic rings. The van der Waals surface area contributed by atoms with Gasteiger partial charge in [0, 0.05) is 39.7 Å². The molecule has 7 heteroatoms. The van der Waals surface area contributed by atoms with Gasteiger partial charge in [-0.25, -0.2) is 4.98 Å². The van der Waals surface area contributed by atoms with Gasteiger partial charge in [0.2, 0.25) is 0 Å². The second-order valence-corrected chi connectivity index (χ2v) is 9.81. The topological polar surface area (TPSA) is 71.1 Å². The predicted octanol–water partition coefficient (Wildman–Crippen LogP) is 5.67. The number of aromatic nitrogens is 1. The average Bonchev–Trinajstić information content (AvgIpc) is 3.44. The minimum atomic E-state index is -0.169. The molecular weight excluding hydrogens is 426 g/mol. The fourth-order valence-electron chi connectivity index (χ4n) is 3.54. The summed E-state index contributed by atoms with van der Waals surface area (Å²) in [6, 6.07) is 14.9. The number of benzene rings is 2. The number of carbonyl (C=O) groups excluding carboxylic acids is 2. The lowest BCUT2D eigenvalue weighted by atomic mass is 10.1. The van der Waals surface area contributed by atoms with Crippen molar-refractivity contribution >= 4 is 40.6 Å². The molecule has 3 aromatic rings. The van der Waals surface area contributed by atoms with Crippen molar-refractivity contribution in [3.8, 4) is 0 Å². The molecule has 4 rings (SSSR count). The van der Waals surface area contributed by atoms with Gasteiger partial charge >= 0.3 is 0 Å². The quantitative estimate of drug-likeness (QED) is 0.454. The van der Waals surface area contributed by atoms with E-state index in [1.807, 2.05) is 36.6 Å². The Labute approximate surface area is 190 Å². The highest BCUT2D eigenvalue weighted by Crippen LogP contribution is 2.26. The standard InChI is InChI=1S/C24H25N3O2S2/c1-16-14-30-24(25-16)31-15-17-6-8-18(9-7-17)22(28)27-21-12-10-19(11-13-21)23(29)26-20-4-2-3-5-20/h6-14,20H,2-5,15H2,1H3,(H,26,29)(H,27,28). The number of hydrogen-bond acceptors (Lipinski definition) is 5. The van der Waals surface area contributed by atoms with Crippen LogP contribution in [-0.4, -0.2) is 22.8 Å². The van der Waals surface area contributed by atoms with Crippen LogP contribution < -0.4 is 10.6 Å². The Morgan fingerprint density at radius 1 is 1.00 bits per heavy atom. The van der Waals surface area contributed by atoms with E-state index >= 15 is 0 Å². The van der Waals surface area contributed by atoms with E-state index < -0.39 is 0 Å². The number of amides is 2. The van der Waals surface area contributed by atoms with Crippen LogP contribution >= 0.6 is 23.1 Å². The Morgan fingerprint density at radius 2 is 1.65 bits per heavy atom. The molecule has 1 fully saturated rings. The van der Waals surface area contributed by atoms with Gasteiger partial charge in [-0.05, 0) is 61.7 Å². The smallest absolute Gasteiger partial charge is 0.255 e. The molecule has 1 saturated carbocycles. The summed E-state index contributed by atoms with van der Waals surface area (Å²) >= 11 is 3.35. The number of nitrogens with one attached hydrogen (secondary N) is 2. The molecule has 2 amide bonds. The van der Waals surface area contributed by atoms with Gasteiger partial charge in [-0.15, -0.1) is 11.3 Å². The van der Waals surface area contributed by atoms with E-state index in [1.165, 1.54) is 12.8 Å². The van der Waals surface area contributed by atoms with Crippen molar-refractivity contribution in [2.45, 2.75) is 48.7 Å². The first-order valence-electron chi connectivity index (χ1n) is 10.4. The van der Waals surface area contributed by atoms with Gasteiger partial charge in [0.15, 0.2) is 0 Å². The lowest BCUT2D eigenvalue weighted by Crippen LogP contribution is -2.32. The Kier molecular flexibility index (Phi) is 7.04. The summed E-state index contributed by atoms with van der Waals surface area (Å²) < 4.78 is 1.06. The maximum Gasteiger partial charge on any atom is 0.255 e. The van der Waals surface area contributed by atoms with Crippen LogP contribution in [-0.2, 0) is 5.75 Å². The summed E-state index contributed by atoms with van der Waals surface area (Å²) in [7, 11) is 0. The highest BCUT2D eigenvalue weighted by atomic mass is 32.2.